The number of hydrogen-bond donors (Lipinski definition) is 4. The Balaban J connectivity index is 3.26. The number of nitrogens with zero attached hydrogens (tertiary/aromatic N) is 1. The van der Waals surface area contributed by atoms with Gasteiger partial charge in [-0.05, 0) is 12.8 Å². The number of nitrogen functional groups attached to an aromatic ring is 1. The van der Waals surface area contributed by atoms with E-state index in [2.05, 4.69) is 10.3 Å². The summed E-state index contributed by atoms with van der Waals surface area (Å²) in [6, 6.07) is -0.321. The summed E-state index contributed by atoms with van der Waals surface area (Å²) in [5, 5.41) is 11.8. The van der Waals surface area contributed by atoms with E-state index in [9.17, 15) is 9.59 Å². The van der Waals surface area contributed by atoms with Crippen LogP contribution in [-0.4, -0.2) is 27.3 Å². The average molecular weight is 256 g/mol. The van der Waals surface area contributed by atoms with E-state index in [1.165, 1.54) is 4.57 Å². The van der Waals surface area contributed by atoms with Crippen LogP contribution < -0.4 is 22.3 Å². The number of H-pyrrole nitrogens is 1. The SMILES string of the molecule is CC(C)Cn1c(N)c(NC(C)CO)c(=O)[nH]c1=O. The Labute approximate surface area is 105 Å². The van der Waals surface area contributed by atoms with Crippen molar-refractivity contribution in [1.29, 1.82) is 0 Å². The molecular weight excluding hydrogens is 236 g/mol. The van der Waals surface area contributed by atoms with Crippen LogP contribution in [0, 0.1) is 5.92 Å². The van der Waals surface area contributed by atoms with Gasteiger partial charge in [0.2, 0.25) is 0 Å². The van der Waals surface area contributed by atoms with Crippen molar-refractivity contribution in [1.82, 2.24) is 9.55 Å². The van der Waals surface area contributed by atoms with E-state index in [1.807, 2.05) is 13.8 Å². The lowest BCUT2D eigenvalue weighted by Crippen LogP contribution is -2.36. The van der Waals surface area contributed by atoms with E-state index in [4.69, 9.17) is 10.8 Å². The molecule has 1 heterocycles. The molecule has 7 heteroatoms. The maximum Gasteiger partial charge on any atom is 0.330 e. The van der Waals surface area contributed by atoms with Crippen LogP contribution in [0.3, 0.4) is 0 Å². The minimum absolute atomic E-state index is 0.0951. The van der Waals surface area contributed by atoms with Gasteiger partial charge >= 0.3 is 5.69 Å². The summed E-state index contributed by atoms with van der Waals surface area (Å²) >= 11 is 0. The Morgan fingerprint density at radius 2 is 2.00 bits per heavy atom. The highest BCUT2D eigenvalue weighted by molar-refractivity contribution is 5.60. The quantitative estimate of drug-likeness (QED) is 0.571. The van der Waals surface area contributed by atoms with E-state index in [0.29, 0.717) is 6.54 Å². The first-order valence-corrected chi connectivity index (χ1v) is 5.86. The van der Waals surface area contributed by atoms with E-state index in [-0.39, 0.29) is 30.1 Å². The molecule has 0 aromatic carbocycles. The first-order valence-electron chi connectivity index (χ1n) is 5.86. The molecule has 1 rings (SSSR count). The lowest BCUT2D eigenvalue weighted by Gasteiger charge is -2.17. The molecular formula is C11H20N4O3. The zero-order chi connectivity index (χ0) is 13.9. The zero-order valence-corrected chi connectivity index (χ0v) is 10.9. The third-order valence-electron chi connectivity index (χ3n) is 2.45. The van der Waals surface area contributed by atoms with Crippen molar-refractivity contribution in [2.45, 2.75) is 33.4 Å². The molecule has 18 heavy (non-hydrogen) atoms. The minimum atomic E-state index is -0.571. The Morgan fingerprint density at radius 1 is 1.39 bits per heavy atom. The van der Waals surface area contributed by atoms with Crippen LogP contribution >= 0.6 is 0 Å². The van der Waals surface area contributed by atoms with Gasteiger partial charge in [0.15, 0.2) is 0 Å². The van der Waals surface area contributed by atoms with E-state index in [1.54, 1.807) is 6.92 Å². The van der Waals surface area contributed by atoms with Gasteiger partial charge < -0.3 is 16.2 Å². The normalized spacial score (nSPS) is 12.7. The van der Waals surface area contributed by atoms with Crippen molar-refractivity contribution >= 4 is 11.5 Å². The summed E-state index contributed by atoms with van der Waals surface area (Å²) in [7, 11) is 0. The van der Waals surface area contributed by atoms with Crippen molar-refractivity contribution in [3.05, 3.63) is 20.8 Å². The Kier molecular flexibility index (Phi) is 4.55. The predicted molar refractivity (Wildman–Crippen MR) is 70.7 cm³/mol. The lowest BCUT2D eigenvalue weighted by atomic mass is 10.2. The van der Waals surface area contributed by atoms with Crippen LogP contribution in [0.4, 0.5) is 11.5 Å². The summed E-state index contributed by atoms with van der Waals surface area (Å²) in [4.78, 5) is 25.5. The highest BCUT2D eigenvalue weighted by Crippen LogP contribution is 2.12. The summed E-state index contributed by atoms with van der Waals surface area (Å²) < 4.78 is 1.32. The van der Waals surface area contributed by atoms with Gasteiger partial charge in [-0.1, -0.05) is 13.8 Å². The molecule has 0 amide bonds. The largest absolute Gasteiger partial charge is 0.394 e. The molecule has 1 aromatic heterocycles. The van der Waals surface area contributed by atoms with Gasteiger partial charge in [-0.25, -0.2) is 4.79 Å². The number of aliphatic hydroxyl groups is 1. The number of aromatic nitrogens is 2. The molecule has 0 radical (unpaired) electrons. The number of anilines is 2. The molecule has 0 aliphatic carbocycles. The van der Waals surface area contributed by atoms with Crippen molar-refractivity contribution in [3.8, 4) is 0 Å². The van der Waals surface area contributed by atoms with Crippen LogP contribution in [0.15, 0.2) is 9.59 Å². The van der Waals surface area contributed by atoms with Crippen molar-refractivity contribution < 1.29 is 5.11 Å². The van der Waals surface area contributed by atoms with E-state index < -0.39 is 11.2 Å². The van der Waals surface area contributed by atoms with E-state index in [0.717, 1.165) is 0 Å². The Bertz CT molecular complexity index is 518. The summed E-state index contributed by atoms with van der Waals surface area (Å²) in [6.45, 7) is 5.88. The smallest absolute Gasteiger partial charge is 0.330 e. The van der Waals surface area contributed by atoms with Crippen LogP contribution in [0.2, 0.25) is 0 Å². The third kappa shape index (κ3) is 3.13. The number of aliphatic hydroxyl groups excluding tert-OH is 1. The summed E-state index contributed by atoms with van der Waals surface area (Å²) in [5.74, 6) is 0.316. The molecule has 1 atom stereocenters. The number of nitrogens with one attached hydrogen (secondary N) is 2. The molecule has 102 valence electrons. The number of aromatic amines is 1. The number of rotatable bonds is 5. The van der Waals surface area contributed by atoms with Gasteiger partial charge in [0.05, 0.1) is 6.61 Å². The van der Waals surface area contributed by atoms with Gasteiger partial charge in [0, 0.05) is 12.6 Å². The second-order valence-electron chi connectivity index (χ2n) is 4.75. The highest BCUT2D eigenvalue weighted by atomic mass is 16.3. The monoisotopic (exact) mass is 256 g/mol. The maximum atomic E-state index is 11.7. The summed E-state index contributed by atoms with van der Waals surface area (Å²) in [5.41, 5.74) is 4.87. The molecule has 0 fully saturated rings. The second-order valence-corrected chi connectivity index (χ2v) is 4.75. The maximum absolute atomic E-state index is 11.7. The second kappa shape index (κ2) is 5.72. The highest BCUT2D eigenvalue weighted by Gasteiger charge is 2.14. The molecule has 0 aliphatic rings. The fraction of sp³-hybridized carbons (Fsp3) is 0.636. The van der Waals surface area contributed by atoms with Crippen molar-refractivity contribution in [2.75, 3.05) is 17.7 Å². The van der Waals surface area contributed by atoms with Crippen LogP contribution in [0.1, 0.15) is 20.8 Å². The van der Waals surface area contributed by atoms with Crippen LogP contribution in [-0.2, 0) is 6.54 Å². The topological polar surface area (TPSA) is 113 Å². The zero-order valence-electron chi connectivity index (χ0n) is 10.9. The molecule has 0 saturated heterocycles. The van der Waals surface area contributed by atoms with Gasteiger partial charge in [-0.3, -0.25) is 14.3 Å². The molecule has 7 nitrogen and oxygen atoms in total. The van der Waals surface area contributed by atoms with Crippen molar-refractivity contribution in [3.63, 3.8) is 0 Å². The summed E-state index contributed by atoms with van der Waals surface area (Å²) in [6.07, 6.45) is 0. The molecule has 1 unspecified atom stereocenters. The number of nitrogens with two attached hydrogens (primary N) is 1. The Morgan fingerprint density at radius 3 is 2.50 bits per heavy atom. The standard InChI is InChI=1S/C11H20N4O3/c1-6(2)4-15-9(12)8(13-7(3)5-16)10(17)14-11(15)18/h6-7,13,16H,4-5,12H2,1-3H3,(H,14,17,18). The lowest BCUT2D eigenvalue weighted by molar-refractivity contribution is 0.281. The van der Waals surface area contributed by atoms with Gasteiger partial charge in [0.25, 0.3) is 5.56 Å². The first-order chi connectivity index (χ1) is 8.36. The van der Waals surface area contributed by atoms with Gasteiger partial charge in [0.1, 0.15) is 11.5 Å². The molecule has 0 spiro atoms. The average Bonchev–Trinajstić information content (AvgIpc) is 2.29. The van der Waals surface area contributed by atoms with Crippen LogP contribution in [0.5, 0.6) is 0 Å². The van der Waals surface area contributed by atoms with Gasteiger partial charge in [-0.15, -0.1) is 0 Å². The molecule has 1 aromatic rings. The molecule has 0 bridgehead atoms. The fourth-order valence-electron chi connectivity index (χ4n) is 1.57. The van der Waals surface area contributed by atoms with E-state index >= 15 is 0 Å². The minimum Gasteiger partial charge on any atom is -0.394 e. The van der Waals surface area contributed by atoms with Crippen molar-refractivity contribution in [2.24, 2.45) is 5.92 Å². The first kappa shape index (κ1) is 14.3. The third-order valence-corrected chi connectivity index (χ3v) is 2.45. The fourth-order valence-corrected chi connectivity index (χ4v) is 1.57. The van der Waals surface area contributed by atoms with Crippen LogP contribution in [0.25, 0.3) is 0 Å². The predicted octanol–water partition coefficient (Wildman–Crippen LogP) is -0.432. The molecule has 0 saturated carbocycles. The molecule has 5 N–H and O–H groups in total. The number of hydrogen-bond acceptors (Lipinski definition) is 5. The van der Waals surface area contributed by atoms with Gasteiger partial charge in [-0.2, -0.15) is 0 Å². The Hall–Kier alpha value is -1.76. The molecule has 0 aliphatic heterocycles.